The Morgan fingerprint density at radius 2 is 2.37 bits per heavy atom. The maximum atomic E-state index is 8.84. The molecule has 2 rings (SSSR count). The molecule has 1 saturated heterocycles. The summed E-state index contributed by atoms with van der Waals surface area (Å²) >= 11 is 0. The van der Waals surface area contributed by atoms with E-state index in [1.54, 1.807) is 0 Å². The van der Waals surface area contributed by atoms with E-state index in [-0.39, 0.29) is 6.04 Å². The fourth-order valence-electron chi connectivity index (χ4n) is 2.71. The van der Waals surface area contributed by atoms with Crippen LogP contribution in [0, 0.1) is 0 Å². The Kier molecular flexibility index (Phi) is 4.42. The van der Waals surface area contributed by atoms with Crippen LogP contribution in [0.2, 0.25) is 0 Å². The highest BCUT2D eigenvalue weighted by Gasteiger charge is 2.28. The molecule has 0 spiro atoms. The van der Waals surface area contributed by atoms with Crippen molar-refractivity contribution in [1.29, 1.82) is 0 Å². The fourth-order valence-corrected chi connectivity index (χ4v) is 2.71. The highest BCUT2D eigenvalue weighted by molar-refractivity contribution is 5.85. The molecule has 1 unspecified atom stereocenters. The fraction of sp³-hybridized carbons (Fsp3) is 0.692. The van der Waals surface area contributed by atoms with Gasteiger partial charge in [0.1, 0.15) is 0 Å². The van der Waals surface area contributed by atoms with Gasteiger partial charge in [0.2, 0.25) is 0 Å². The molecule has 6 heteroatoms. The van der Waals surface area contributed by atoms with E-state index in [1.807, 2.05) is 4.68 Å². The first-order valence-electron chi connectivity index (χ1n) is 6.96. The zero-order chi connectivity index (χ0) is 13.8. The van der Waals surface area contributed by atoms with Gasteiger partial charge in [0.25, 0.3) is 0 Å². The molecule has 0 aliphatic carbocycles. The van der Waals surface area contributed by atoms with Gasteiger partial charge in [0.15, 0.2) is 5.84 Å². The summed E-state index contributed by atoms with van der Waals surface area (Å²) in [6, 6.07) is 2.21. The lowest BCUT2D eigenvalue weighted by molar-refractivity contribution is 0.268. The van der Waals surface area contributed by atoms with Crippen molar-refractivity contribution in [1.82, 2.24) is 14.7 Å². The van der Waals surface area contributed by atoms with E-state index in [0.717, 1.165) is 44.6 Å². The molecule has 0 bridgehead atoms. The molecule has 2 heterocycles. The summed E-state index contributed by atoms with van der Waals surface area (Å²) < 4.78 is 2.04. The summed E-state index contributed by atoms with van der Waals surface area (Å²) in [7, 11) is 0. The molecule has 1 aromatic heterocycles. The summed E-state index contributed by atoms with van der Waals surface area (Å²) in [5.74, 6) is 0.316. The molecule has 0 amide bonds. The number of aromatic nitrogens is 2. The van der Waals surface area contributed by atoms with Crippen LogP contribution in [0.25, 0.3) is 0 Å². The lowest BCUT2D eigenvalue weighted by atomic mass is 10.2. The Hall–Kier alpha value is -1.56. The van der Waals surface area contributed by atoms with Gasteiger partial charge < -0.3 is 10.9 Å². The number of rotatable bonds is 5. The molecule has 6 nitrogen and oxygen atoms in total. The van der Waals surface area contributed by atoms with Crippen LogP contribution in [0.4, 0.5) is 0 Å². The maximum absolute atomic E-state index is 8.84. The molecule has 3 N–H and O–H groups in total. The second kappa shape index (κ2) is 6.06. The van der Waals surface area contributed by atoms with Crippen LogP contribution < -0.4 is 5.73 Å². The number of nitrogens with two attached hydrogens (primary N) is 1. The number of oxime groups is 1. The number of hydrogen-bond acceptors (Lipinski definition) is 4. The quantitative estimate of drug-likeness (QED) is 0.362. The van der Waals surface area contributed by atoms with E-state index in [1.165, 1.54) is 5.69 Å². The maximum Gasteiger partial charge on any atom is 0.156 e. The lowest BCUT2D eigenvalue weighted by Crippen LogP contribution is -2.40. The molecule has 0 radical (unpaired) electrons. The van der Waals surface area contributed by atoms with Gasteiger partial charge in [0, 0.05) is 13.1 Å². The molecule has 0 aromatic carbocycles. The number of nitrogens with zero attached hydrogens (tertiary/aromatic N) is 4. The summed E-state index contributed by atoms with van der Waals surface area (Å²) in [4.78, 5) is 2.26. The molecule has 19 heavy (non-hydrogen) atoms. The molecular formula is C13H23N5O. The predicted molar refractivity (Wildman–Crippen MR) is 74.1 cm³/mol. The van der Waals surface area contributed by atoms with Crippen molar-refractivity contribution >= 4 is 5.84 Å². The average molecular weight is 265 g/mol. The van der Waals surface area contributed by atoms with Crippen LogP contribution in [-0.4, -0.2) is 38.3 Å². The van der Waals surface area contributed by atoms with Crippen LogP contribution in [0.3, 0.4) is 0 Å². The number of likely N-dealkylation sites (tertiary alicyclic amines) is 1. The number of amidine groups is 1. The van der Waals surface area contributed by atoms with Gasteiger partial charge in [-0.1, -0.05) is 12.1 Å². The van der Waals surface area contributed by atoms with Crippen molar-refractivity contribution in [3.8, 4) is 0 Å². The van der Waals surface area contributed by atoms with Crippen molar-refractivity contribution in [2.24, 2.45) is 10.9 Å². The minimum Gasteiger partial charge on any atom is -0.409 e. The molecule has 106 valence electrons. The molecule has 1 atom stereocenters. The Bertz CT molecular complexity index is 454. The second-order valence-corrected chi connectivity index (χ2v) is 4.95. The second-order valence-electron chi connectivity index (χ2n) is 4.95. The van der Waals surface area contributed by atoms with Gasteiger partial charge in [-0.05, 0) is 38.8 Å². The third-order valence-corrected chi connectivity index (χ3v) is 3.76. The van der Waals surface area contributed by atoms with Gasteiger partial charge >= 0.3 is 0 Å². The van der Waals surface area contributed by atoms with Crippen molar-refractivity contribution in [2.75, 3.05) is 6.54 Å². The van der Waals surface area contributed by atoms with Gasteiger partial charge in [-0.3, -0.25) is 9.58 Å². The van der Waals surface area contributed by atoms with Gasteiger partial charge in [-0.15, -0.1) is 0 Å². The van der Waals surface area contributed by atoms with Crippen LogP contribution >= 0.6 is 0 Å². The molecule has 0 saturated carbocycles. The molecular weight excluding hydrogens is 242 g/mol. The van der Waals surface area contributed by atoms with E-state index in [0.29, 0.717) is 5.84 Å². The highest BCUT2D eigenvalue weighted by Crippen LogP contribution is 2.20. The SMILES string of the molecule is CCc1cc(CN2CCCC2C(N)=NO)n(CC)n1. The summed E-state index contributed by atoms with van der Waals surface area (Å²) in [5.41, 5.74) is 8.09. The first-order valence-corrected chi connectivity index (χ1v) is 6.96. The van der Waals surface area contributed by atoms with Gasteiger partial charge in [-0.2, -0.15) is 5.10 Å². The largest absolute Gasteiger partial charge is 0.409 e. The minimum absolute atomic E-state index is 0.0512. The normalized spacial score (nSPS) is 21.2. The van der Waals surface area contributed by atoms with Crippen LogP contribution in [0.5, 0.6) is 0 Å². The molecule has 1 aliphatic rings. The Balaban J connectivity index is 2.13. The zero-order valence-corrected chi connectivity index (χ0v) is 11.7. The molecule has 1 fully saturated rings. The Labute approximate surface area is 113 Å². The van der Waals surface area contributed by atoms with E-state index >= 15 is 0 Å². The van der Waals surface area contributed by atoms with E-state index in [2.05, 4.69) is 35.1 Å². The van der Waals surface area contributed by atoms with Crippen LogP contribution in [0.15, 0.2) is 11.2 Å². The predicted octanol–water partition coefficient (Wildman–Crippen LogP) is 1.18. The monoisotopic (exact) mass is 265 g/mol. The zero-order valence-electron chi connectivity index (χ0n) is 11.7. The van der Waals surface area contributed by atoms with E-state index in [9.17, 15) is 0 Å². The van der Waals surface area contributed by atoms with Gasteiger partial charge in [0.05, 0.1) is 17.4 Å². The number of aryl methyl sites for hydroxylation is 2. The van der Waals surface area contributed by atoms with Gasteiger partial charge in [-0.25, -0.2) is 0 Å². The summed E-state index contributed by atoms with van der Waals surface area (Å²) in [6.45, 7) is 6.87. The highest BCUT2D eigenvalue weighted by atomic mass is 16.4. The average Bonchev–Trinajstić information content (AvgIpc) is 3.04. The van der Waals surface area contributed by atoms with Crippen molar-refractivity contribution < 1.29 is 5.21 Å². The van der Waals surface area contributed by atoms with Crippen molar-refractivity contribution in [3.05, 3.63) is 17.5 Å². The smallest absolute Gasteiger partial charge is 0.156 e. The van der Waals surface area contributed by atoms with Crippen LogP contribution in [-0.2, 0) is 19.5 Å². The van der Waals surface area contributed by atoms with E-state index in [4.69, 9.17) is 10.9 Å². The first-order chi connectivity index (χ1) is 9.19. The summed E-state index contributed by atoms with van der Waals surface area (Å²) in [5, 5.41) is 16.6. The Morgan fingerprint density at radius 3 is 3.00 bits per heavy atom. The summed E-state index contributed by atoms with van der Waals surface area (Å²) in [6.07, 6.45) is 2.99. The first kappa shape index (κ1) is 13.9. The third kappa shape index (κ3) is 2.89. The third-order valence-electron chi connectivity index (χ3n) is 3.76. The van der Waals surface area contributed by atoms with Crippen LogP contribution in [0.1, 0.15) is 38.1 Å². The molecule has 1 aromatic rings. The number of hydrogen-bond donors (Lipinski definition) is 2. The lowest BCUT2D eigenvalue weighted by Gasteiger charge is -2.23. The van der Waals surface area contributed by atoms with Crippen molar-refractivity contribution in [2.45, 2.75) is 52.2 Å². The van der Waals surface area contributed by atoms with Crippen molar-refractivity contribution in [3.63, 3.8) is 0 Å². The molecule has 1 aliphatic heterocycles. The topological polar surface area (TPSA) is 79.7 Å². The standard InChI is InChI=1S/C13H23N5O/c1-3-10-8-11(18(4-2)15-10)9-17-7-5-6-12(17)13(14)16-19/h8,12,19H,3-7,9H2,1-2H3,(H2,14,16). The minimum atomic E-state index is 0.0512. The van der Waals surface area contributed by atoms with E-state index < -0.39 is 0 Å². The Morgan fingerprint density at radius 1 is 1.58 bits per heavy atom.